The van der Waals surface area contributed by atoms with E-state index in [0.717, 1.165) is 28.7 Å². The summed E-state index contributed by atoms with van der Waals surface area (Å²) >= 11 is 0. The highest BCUT2D eigenvalue weighted by Crippen LogP contribution is 2.26. The maximum Gasteiger partial charge on any atom is 0.136 e. The standard InChI is InChI=1S/C20H23N5/c1-13-9-14(2)20(15(3)10-13)25-19-11-18(23-16(4)24-19)22-12-17-5-7-21-8-6-17/h5-11H,12H2,1-4H3,(H2,22,23,24,25). The Hall–Kier alpha value is -2.95. The van der Waals surface area contributed by atoms with Crippen LogP contribution in [-0.2, 0) is 6.54 Å². The predicted molar refractivity (Wildman–Crippen MR) is 102 cm³/mol. The lowest BCUT2D eigenvalue weighted by Crippen LogP contribution is -2.06. The monoisotopic (exact) mass is 333 g/mol. The predicted octanol–water partition coefficient (Wildman–Crippen LogP) is 4.46. The fourth-order valence-electron chi connectivity index (χ4n) is 2.92. The highest BCUT2D eigenvalue weighted by atomic mass is 15.1. The molecular weight excluding hydrogens is 310 g/mol. The highest BCUT2D eigenvalue weighted by molar-refractivity contribution is 5.66. The van der Waals surface area contributed by atoms with E-state index < -0.39 is 0 Å². The quantitative estimate of drug-likeness (QED) is 0.722. The summed E-state index contributed by atoms with van der Waals surface area (Å²) in [6.45, 7) is 8.93. The van der Waals surface area contributed by atoms with Crippen molar-refractivity contribution >= 4 is 17.3 Å². The van der Waals surface area contributed by atoms with Crippen LogP contribution in [0.15, 0.2) is 42.7 Å². The maximum atomic E-state index is 4.52. The van der Waals surface area contributed by atoms with Gasteiger partial charge in [-0.2, -0.15) is 0 Å². The lowest BCUT2D eigenvalue weighted by Gasteiger charge is -2.15. The molecule has 0 saturated carbocycles. The molecule has 0 aliphatic carbocycles. The van der Waals surface area contributed by atoms with Gasteiger partial charge in [-0.3, -0.25) is 4.98 Å². The molecule has 2 aromatic heterocycles. The van der Waals surface area contributed by atoms with Gasteiger partial charge in [-0.1, -0.05) is 17.7 Å². The molecule has 3 aromatic rings. The van der Waals surface area contributed by atoms with Crippen molar-refractivity contribution in [1.29, 1.82) is 0 Å². The minimum Gasteiger partial charge on any atom is -0.366 e. The number of aromatic nitrogens is 3. The van der Waals surface area contributed by atoms with Gasteiger partial charge < -0.3 is 10.6 Å². The molecular formula is C20H23N5. The van der Waals surface area contributed by atoms with Gasteiger partial charge in [0.05, 0.1) is 0 Å². The zero-order valence-corrected chi connectivity index (χ0v) is 15.1. The van der Waals surface area contributed by atoms with Crippen LogP contribution in [0.1, 0.15) is 28.1 Å². The van der Waals surface area contributed by atoms with E-state index in [0.29, 0.717) is 6.54 Å². The van der Waals surface area contributed by atoms with Crippen molar-refractivity contribution in [2.75, 3.05) is 10.6 Å². The molecule has 0 radical (unpaired) electrons. The molecule has 5 heteroatoms. The molecule has 3 rings (SSSR count). The second-order valence-electron chi connectivity index (χ2n) is 6.29. The van der Waals surface area contributed by atoms with E-state index >= 15 is 0 Å². The number of nitrogens with one attached hydrogen (secondary N) is 2. The Bertz CT molecular complexity index is 852. The maximum absolute atomic E-state index is 4.52. The zero-order chi connectivity index (χ0) is 17.8. The van der Waals surface area contributed by atoms with Crippen LogP contribution in [0.3, 0.4) is 0 Å². The van der Waals surface area contributed by atoms with Gasteiger partial charge in [-0.15, -0.1) is 0 Å². The molecule has 0 aliphatic heterocycles. The molecule has 0 unspecified atom stereocenters. The third-order valence-corrected chi connectivity index (χ3v) is 3.99. The first-order valence-corrected chi connectivity index (χ1v) is 8.34. The van der Waals surface area contributed by atoms with E-state index in [2.05, 4.69) is 58.5 Å². The van der Waals surface area contributed by atoms with Crippen LogP contribution in [0.4, 0.5) is 17.3 Å². The van der Waals surface area contributed by atoms with Crippen LogP contribution in [0.2, 0.25) is 0 Å². The Labute approximate surface area is 148 Å². The third kappa shape index (κ3) is 4.32. The summed E-state index contributed by atoms with van der Waals surface area (Å²) in [5, 5.41) is 6.79. The summed E-state index contributed by atoms with van der Waals surface area (Å²) in [6.07, 6.45) is 3.58. The minimum atomic E-state index is 0.695. The van der Waals surface area contributed by atoms with Crippen LogP contribution in [0.25, 0.3) is 0 Å². The second-order valence-corrected chi connectivity index (χ2v) is 6.29. The molecule has 0 saturated heterocycles. The number of pyridine rings is 1. The van der Waals surface area contributed by atoms with Gasteiger partial charge >= 0.3 is 0 Å². The summed E-state index contributed by atoms with van der Waals surface area (Å²) in [6, 6.07) is 10.3. The fourth-order valence-corrected chi connectivity index (χ4v) is 2.92. The topological polar surface area (TPSA) is 62.7 Å². The van der Waals surface area contributed by atoms with E-state index in [4.69, 9.17) is 0 Å². The Morgan fingerprint density at radius 2 is 1.48 bits per heavy atom. The Morgan fingerprint density at radius 1 is 0.840 bits per heavy atom. The van der Waals surface area contributed by atoms with E-state index in [1.165, 1.54) is 16.7 Å². The van der Waals surface area contributed by atoms with Crippen molar-refractivity contribution in [2.24, 2.45) is 0 Å². The molecule has 0 spiro atoms. The summed E-state index contributed by atoms with van der Waals surface area (Å²) in [4.78, 5) is 13.0. The molecule has 0 fully saturated rings. The number of hydrogen-bond donors (Lipinski definition) is 2. The fraction of sp³-hybridized carbons (Fsp3) is 0.250. The molecule has 1 aromatic carbocycles. The number of hydrogen-bond acceptors (Lipinski definition) is 5. The van der Waals surface area contributed by atoms with Crippen molar-refractivity contribution in [2.45, 2.75) is 34.2 Å². The number of aryl methyl sites for hydroxylation is 4. The van der Waals surface area contributed by atoms with Gasteiger partial charge in [-0.25, -0.2) is 9.97 Å². The normalized spacial score (nSPS) is 10.6. The molecule has 0 amide bonds. The van der Waals surface area contributed by atoms with Gasteiger partial charge in [-0.05, 0) is 56.5 Å². The average Bonchev–Trinajstić information content (AvgIpc) is 2.57. The Morgan fingerprint density at radius 3 is 2.16 bits per heavy atom. The zero-order valence-electron chi connectivity index (χ0n) is 15.1. The SMILES string of the molecule is Cc1cc(C)c(Nc2cc(NCc3ccncc3)nc(C)n2)c(C)c1. The van der Waals surface area contributed by atoms with Crippen molar-refractivity contribution < 1.29 is 0 Å². The highest BCUT2D eigenvalue weighted by Gasteiger charge is 2.07. The van der Waals surface area contributed by atoms with Crippen LogP contribution in [-0.4, -0.2) is 15.0 Å². The lowest BCUT2D eigenvalue weighted by molar-refractivity contribution is 1.02. The van der Waals surface area contributed by atoms with Crippen molar-refractivity contribution in [1.82, 2.24) is 15.0 Å². The van der Waals surface area contributed by atoms with Gasteiger partial charge in [0, 0.05) is 30.7 Å². The lowest BCUT2D eigenvalue weighted by atomic mass is 10.1. The van der Waals surface area contributed by atoms with Crippen molar-refractivity contribution in [3.63, 3.8) is 0 Å². The Kier molecular flexibility index (Phi) is 4.93. The van der Waals surface area contributed by atoms with Gasteiger partial charge in [0.25, 0.3) is 0 Å². The number of benzene rings is 1. The largest absolute Gasteiger partial charge is 0.366 e. The molecule has 128 valence electrons. The summed E-state index contributed by atoms with van der Waals surface area (Å²) in [5.41, 5.74) is 5.94. The summed E-state index contributed by atoms with van der Waals surface area (Å²) in [5.74, 6) is 2.32. The number of nitrogens with zero attached hydrogens (tertiary/aromatic N) is 3. The first-order valence-electron chi connectivity index (χ1n) is 8.34. The van der Waals surface area contributed by atoms with Gasteiger partial charge in [0.2, 0.25) is 0 Å². The minimum absolute atomic E-state index is 0.695. The molecule has 2 N–H and O–H groups in total. The van der Waals surface area contributed by atoms with Crippen LogP contribution in [0.5, 0.6) is 0 Å². The smallest absolute Gasteiger partial charge is 0.136 e. The van der Waals surface area contributed by atoms with E-state index in [1.54, 1.807) is 12.4 Å². The van der Waals surface area contributed by atoms with Crippen molar-refractivity contribution in [3.05, 3.63) is 70.8 Å². The summed E-state index contributed by atoms with van der Waals surface area (Å²) < 4.78 is 0. The molecule has 2 heterocycles. The third-order valence-electron chi connectivity index (χ3n) is 3.99. The number of anilines is 3. The van der Waals surface area contributed by atoms with Gasteiger partial charge in [0.1, 0.15) is 17.5 Å². The first kappa shape index (κ1) is 16.9. The molecule has 25 heavy (non-hydrogen) atoms. The summed E-state index contributed by atoms with van der Waals surface area (Å²) in [7, 11) is 0. The molecule has 0 aliphatic rings. The van der Waals surface area contributed by atoms with Crippen LogP contribution >= 0.6 is 0 Å². The molecule has 5 nitrogen and oxygen atoms in total. The number of rotatable bonds is 5. The van der Waals surface area contributed by atoms with E-state index in [-0.39, 0.29) is 0 Å². The van der Waals surface area contributed by atoms with Crippen LogP contribution in [0, 0.1) is 27.7 Å². The van der Waals surface area contributed by atoms with Crippen LogP contribution < -0.4 is 10.6 Å². The van der Waals surface area contributed by atoms with Gasteiger partial charge in [0.15, 0.2) is 0 Å². The average molecular weight is 333 g/mol. The van der Waals surface area contributed by atoms with E-state index in [1.807, 2.05) is 25.1 Å². The molecule has 0 atom stereocenters. The molecule has 0 bridgehead atoms. The first-order chi connectivity index (χ1) is 12.0. The Balaban J connectivity index is 1.80. The van der Waals surface area contributed by atoms with Crippen molar-refractivity contribution in [3.8, 4) is 0 Å². The van der Waals surface area contributed by atoms with E-state index in [9.17, 15) is 0 Å². The second kappa shape index (κ2) is 7.30.